The fourth-order valence-electron chi connectivity index (χ4n) is 2.12. The fourth-order valence-corrected chi connectivity index (χ4v) is 3.27. The molecule has 106 valence electrons. The highest BCUT2D eigenvalue weighted by Gasteiger charge is 2.25. The summed E-state index contributed by atoms with van der Waals surface area (Å²) >= 11 is -1.45. The van der Waals surface area contributed by atoms with E-state index in [2.05, 4.69) is 0 Å². The molecule has 6 heteroatoms. The number of furan rings is 1. The molecule has 0 N–H and O–H groups in total. The lowest BCUT2D eigenvalue weighted by molar-refractivity contribution is -0.383. The van der Waals surface area contributed by atoms with Gasteiger partial charge in [-0.25, -0.2) is 0 Å². The van der Waals surface area contributed by atoms with E-state index in [1.807, 2.05) is 19.1 Å². The molecular weight excluding hydrogens is 290 g/mol. The molecule has 1 unspecified atom stereocenters. The molecule has 0 saturated heterocycles. The summed E-state index contributed by atoms with van der Waals surface area (Å²) in [7, 11) is 0. The zero-order valence-electron chi connectivity index (χ0n) is 11.1. The van der Waals surface area contributed by atoms with Crippen molar-refractivity contribution in [2.75, 3.05) is 0 Å². The second kappa shape index (κ2) is 5.23. The van der Waals surface area contributed by atoms with E-state index in [-0.39, 0.29) is 5.69 Å². The Bertz CT molecular complexity index is 810. The van der Waals surface area contributed by atoms with Crippen molar-refractivity contribution in [1.29, 1.82) is 0 Å². The highest BCUT2D eigenvalue weighted by atomic mass is 32.2. The average molecular weight is 301 g/mol. The van der Waals surface area contributed by atoms with Gasteiger partial charge in [0.25, 0.3) is 5.69 Å². The van der Waals surface area contributed by atoms with Crippen LogP contribution in [0.2, 0.25) is 0 Å². The minimum Gasteiger partial charge on any atom is -0.606 e. The van der Waals surface area contributed by atoms with Crippen LogP contribution < -0.4 is 0 Å². The van der Waals surface area contributed by atoms with E-state index in [1.54, 1.807) is 12.1 Å². The van der Waals surface area contributed by atoms with Crippen LogP contribution in [0.15, 0.2) is 62.9 Å². The van der Waals surface area contributed by atoms with Gasteiger partial charge in [-0.15, -0.1) is 0 Å². The number of nitro groups is 1. The Morgan fingerprint density at radius 3 is 2.48 bits per heavy atom. The molecule has 0 saturated carbocycles. The van der Waals surface area contributed by atoms with Crippen molar-refractivity contribution in [2.24, 2.45) is 0 Å². The van der Waals surface area contributed by atoms with Gasteiger partial charge in [0.2, 0.25) is 4.90 Å². The maximum absolute atomic E-state index is 12.6. The Morgan fingerprint density at radius 1 is 1.10 bits per heavy atom. The summed E-state index contributed by atoms with van der Waals surface area (Å²) in [5.41, 5.74) is 1.31. The normalized spacial score (nSPS) is 12.5. The van der Waals surface area contributed by atoms with Crippen LogP contribution in [0.1, 0.15) is 5.56 Å². The van der Waals surface area contributed by atoms with E-state index in [4.69, 9.17) is 4.42 Å². The first-order chi connectivity index (χ1) is 10.1. The summed E-state index contributed by atoms with van der Waals surface area (Å²) in [4.78, 5) is 11.6. The summed E-state index contributed by atoms with van der Waals surface area (Å²) in [5.74, 6) is 0. The molecule has 0 aliphatic rings. The molecule has 0 amide bonds. The second-order valence-electron chi connectivity index (χ2n) is 4.59. The molecule has 0 radical (unpaired) electrons. The largest absolute Gasteiger partial charge is 0.606 e. The van der Waals surface area contributed by atoms with Crippen LogP contribution in [0.5, 0.6) is 0 Å². The van der Waals surface area contributed by atoms with Crippen molar-refractivity contribution < 1.29 is 13.9 Å². The molecule has 3 rings (SSSR count). The average Bonchev–Trinajstić information content (AvgIpc) is 2.95. The Kier molecular flexibility index (Phi) is 3.40. The predicted octanol–water partition coefficient (Wildman–Crippen LogP) is 3.82. The Balaban J connectivity index is 2.12. The number of nitro benzene ring substituents is 1. The number of rotatable bonds is 3. The molecule has 0 aliphatic heterocycles. The predicted molar refractivity (Wildman–Crippen MR) is 78.7 cm³/mol. The number of fused-ring (bicyclic) bond motifs is 1. The summed E-state index contributed by atoms with van der Waals surface area (Å²) in [5, 5.41) is 11.3. The molecular formula is C15H11NO4S. The molecule has 1 aromatic heterocycles. The van der Waals surface area contributed by atoms with Gasteiger partial charge in [-0.2, -0.15) is 0 Å². The van der Waals surface area contributed by atoms with Gasteiger partial charge >= 0.3 is 0 Å². The lowest BCUT2D eigenvalue weighted by Gasteiger charge is -2.10. The SMILES string of the molecule is Cc1ccc([S+]([O-])c2ccc([N+](=O)[O-])c3ccoc23)cc1. The van der Waals surface area contributed by atoms with E-state index >= 15 is 0 Å². The maximum Gasteiger partial charge on any atom is 0.280 e. The van der Waals surface area contributed by atoms with Crippen LogP contribution >= 0.6 is 0 Å². The zero-order valence-corrected chi connectivity index (χ0v) is 11.9. The topological polar surface area (TPSA) is 79.3 Å². The summed E-state index contributed by atoms with van der Waals surface area (Å²) in [6.07, 6.45) is 1.37. The number of benzene rings is 2. The first-order valence-corrected chi connectivity index (χ1v) is 7.36. The molecule has 0 aliphatic carbocycles. The highest BCUT2D eigenvalue weighted by Crippen LogP contribution is 2.34. The van der Waals surface area contributed by atoms with E-state index in [9.17, 15) is 14.7 Å². The smallest absolute Gasteiger partial charge is 0.280 e. The van der Waals surface area contributed by atoms with Crippen molar-refractivity contribution in [3.05, 3.63) is 64.4 Å². The van der Waals surface area contributed by atoms with E-state index in [1.165, 1.54) is 24.5 Å². The van der Waals surface area contributed by atoms with E-state index < -0.39 is 16.1 Å². The number of nitrogens with zero attached hydrogens (tertiary/aromatic N) is 1. The van der Waals surface area contributed by atoms with Crippen LogP contribution in [0.3, 0.4) is 0 Å². The lowest BCUT2D eigenvalue weighted by Crippen LogP contribution is -2.03. The molecule has 1 heterocycles. The van der Waals surface area contributed by atoms with Gasteiger partial charge in [-0.1, -0.05) is 17.7 Å². The third-order valence-electron chi connectivity index (χ3n) is 3.19. The zero-order chi connectivity index (χ0) is 15.0. The number of aryl methyl sites for hydroxylation is 1. The van der Waals surface area contributed by atoms with Crippen LogP contribution in [0.25, 0.3) is 11.0 Å². The molecule has 5 nitrogen and oxygen atoms in total. The second-order valence-corrected chi connectivity index (χ2v) is 6.03. The standard InChI is InChI=1S/C15H11NO4S/c1-10-2-4-11(5-3-10)21(19)14-7-6-13(16(17)18)12-8-9-20-15(12)14/h2-9H,1H3. The molecule has 0 bridgehead atoms. The van der Waals surface area contributed by atoms with Gasteiger partial charge in [0.15, 0.2) is 10.5 Å². The first kappa shape index (κ1) is 13.7. The van der Waals surface area contributed by atoms with Crippen LogP contribution in [-0.4, -0.2) is 9.48 Å². The van der Waals surface area contributed by atoms with Crippen molar-refractivity contribution in [1.82, 2.24) is 0 Å². The minimum atomic E-state index is -1.45. The van der Waals surface area contributed by atoms with Crippen LogP contribution in [0.4, 0.5) is 5.69 Å². The summed E-state index contributed by atoms with van der Waals surface area (Å²) in [6.45, 7) is 1.95. The van der Waals surface area contributed by atoms with Gasteiger partial charge in [-0.05, 0) is 25.1 Å². The minimum absolute atomic E-state index is 0.0524. The van der Waals surface area contributed by atoms with E-state index in [0.29, 0.717) is 20.8 Å². The molecule has 2 aromatic carbocycles. The van der Waals surface area contributed by atoms with Crippen molar-refractivity contribution >= 4 is 27.8 Å². The van der Waals surface area contributed by atoms with Crippen LogP contribution in [0, 0.1) is 17.0 Å². The lowest BCUT2D eigenvalue weighted by atomic mass is 10.2. The van der Waals surface area contributed by atoms with Gasteiger partial charge in [0.05, 0.1) is 11.2 Å². The quantitative estimate of drug-likeness (QED) is 0.418. The molecule has 0 spiro atoms. The van der Waals surface area contributed by atoms with Crippen molar-refractivity contribution in [3.63, 3.8) is 0 Å². The molecule has 0 fully saturated rings. The number of non-ortho nitro benzene ring substituents is 1. The Morgan fingerprint density at radius 2 is 1.81 bits per heavy atom. The third kappa shape index (κ3) is 2.39. The highest BCUT2D eigenvalue weighted by molar-refractivity contribution is 7.91. The third-order valence-corrected chi connectivity index (χ3v) is 4.61. The van der Waals surface area contributed by atoms with Crippen LogP contribution in [-0.2, 0) is 11.2 Å². The van der Waals surface area contributed by atoms with Gasteiger partial charge in [0.1, 0.15) is 5.39 Å². The monoisotopic (exact) mass is 301 g/mol. The first-order valence-electron chi connectivity index (χ1n) is 6.21. The van der Waals surface area contributed by atoms with Crippen molar-refractivity contribution in [3.8, 4) is 0 Å². The fraction of sp³-hybridized carbons (Fsp3) is 0.0667. The maximum atomic E-state index is 12.6. The van der Waals surface area contributed by atoms with Gasteiger partial charge in [0, 0.05) is 23.3 Å². The molecule has 1 atom stereocenters. The molecule has 3 aromatic rings. The van der Waals surface area contributed by atoms with Crippen molar-refractivity contribution in [2.45, 2.75) is 16.7 Å². The van der Waals surface area contributed by atoms with Gasteiger partial charge in [-0.3, -0.25) is 10.1 Å². The number of hydrogen-bond acceptors (Lipinski definition) is 4. The number of hydrogen-bond donors (Lipinski definition) is 0. The molecule has 21 heavy (non-hydrogen) atoms. The van der Waals surface area contributed by atoms with E-state index in [0.717, 1.165) is 5.56 Å². The van der Waals surface area contributed by atoms with Gasteiger partial charge < -0.3 is 8.97 Å². The Hall–Kier alpha value is -2.31. The summed E-state index contributed by atoms with van der Waals surface area (Å²) < 4.78 is 17.9. The Labute approximate surface area is 123 Å². The summed E-state index contributed by atoms with van der Waals surface area (Å²) in [6, 6.07) is 11.7.